The number of imide groups is 1. The highest BCUT2D eigenvalue weighted by molar-refractivity contribution is 6.35. The Balaban J connectivity index is 1.49. The van der Waals surface area contributed by atoms with Gasteiger partial charge in [0, 0.05) is 35.1 Å². The highest BCUT2D eigenvalue weighted by Crippen LogP contribution is 2.33. The van der Waals surface area contributed by atoms with Crippen molar-refractivity contribution in [2.24, 2.45) is 0 Å². The third-order valence-electron chi connectivity index (χ3n) is 6.56. The first-order valence-corrected chi connectivity index (χ1v) is 11.4. The van der Waals surface area contributed by atoms with Gasteiger partial charge in [-0.25, -0.2) is 0 Å². The predicted molar refractivity (Wildman–Crippen MR) is 132 cm³/mol. The van der Waals surface area contributed by atoms with E-state index in [-0.39, 0.29) is 36.3 Å². The van der Waals surface area contributed by atoms with E-state index < -0.39 is 35.2 Å². The molecule has 13 heteroatoms. The van der Waals surface area contributed by atoms with Crippen molar-refractivity contribution in [1.82, 2.24) is 14.5 Å². The summed E-state index contributed by atoms with van der Waals surface area (Å²) in [6.45, 7) is 0.0614. The lowest BCUT2D eigenvalue weighted by Gasteiger charge is -2.37. The lowest BCUT2D eigenvalue weighted by Crippen LogP contribution is -2.55. The van der Waals surface area contributed by atoms with E-state index in [2.05, 4.69) is 0 Å². The molecular formula is C22H21B3ClF2N3O4. The molecule has 4 rings (SSSR count). The maximum atomic E-state index is 14.7. The van der Waals surface area contributed by atoms with Crippen molar-refractivity contribution in [1.29, 1.82) is 0 Å². The summed E-state index contributed by atoms with van der Waals surface area (Å²) in [5, 5.41) is 0.287. The zero-order valence-electron chi connectivity index (χ0n) is 19.4. The first-order valence-electron chi connectivity index (χ1n) is 11.1. The standard InChI is InChI=1S/C22H21B3ClF2N3O4/c23-16-8-17(20(34)31(25)19(16)33)29-10-12-7-11(1-6-15(12)18(29)32)9-30(24)21(35)22(27,28)13-2-4-14(26)5-3-13/h1-7,16-17H,8-10,23-25H2. The highest BCUT2D eigenvalue weighted by Gasteiger charge is 2.44. The minimum Gasteiger partial charge on any atom is -0.384 e. The number of amides is 4. The van der Waals surface area contributed by atoms with E-state index in [9.17, 15) is 28.0 Å². The molecule has 2 aliphatic heterocycles. The van der Waals surface area contributed by atoms with Crippen LogP contribution in [0, 0.1) is 0 Å². The van der Waals surface area contributed by atoms with Gasteiger partial charge in [-0.05, 0) is 35.7 Å². The average Bonchev–Trinajstić information content (AvgIpc) is 3.15. The number of hydrogen-bond acceptors (Lipinski definition) is 4. The van der Waals surface area contributed by atoms with Gasteiger partial charge in [-0.15, -0.1) is 0 Å². The van der Waals surface area contributed by atoms with Gasteiger partial charge >= 0.3 is 5.92 Å². The molecule has 2 aromatic carbocycles. The number of alkyl halides is 2. The Morgan fingerprint density at radius 2 is 1.77 bits per heavy atom. The van der Waals surface area contributed by atoms with E-state index >= 15 is 0 Å². The molecule has 2 heterocycles. The third kappa shape index (κ3) is 4.47. The summed E-state index contributed by atoms with van der Waals surface area (Å²) >= 11 is 5.75. The Hall–Kier alpha value is -3.14. The second-order valence-corrected chi connectivity index (χ2v) is 9.49. The topological polar surface area (TPSA) is 78.0 Å². The van der Waals surface area contributed by atoms with Crippen LogP contribution in [0.4, 0.5) is 8.78 Å². The summed E-state index contributed by atoms with van der Waals surface area (Å²) in [5.41, 5.74) is 1.16. The van der Waals surface area contributed by atoms with Crippen molar-refractivity contribution in [3.05, 3.63) is 69.7 Å². The summed E-state index contributed by atoms with van der Waals surface area (Å²) in [5.74, 6) is -6.52. The maximum absolute atomic E-state index is 14.7. The van der Waals surface area contributed by atoms with E-state index in [0.29, 0.717) is 16.7 Å². The number of rotatable bonds is 5. The Labute approximate surface area is 208 Å². The van der Waals surface area contributed by atoms with Crippen molar-refractivity contribution in [2.75, 3.05) is 0 Å². The first-order chi connectivity index (χ1) is 16.4. The molecule has 0 spiro atoms. The first kappa shape index (κ1) is 25.0. The molecule has 7 nitrogen and oxygen atoms in total. The van der Waals surface area contributed by atoms with Crippen LogP contribution in [0.5, 0.6) is 0 Å². The Morgan fingerprint density at radius 1 is 1.11 bits per heavy atom. The molecule has 4 amide bonds. The molecule has 0 aromatic heterocycles. The largest absolute Gasteiger partial charge is 0.384 e. The normalized spacial score (nSPS) is 20.3. The van der Waals surface area contributed by atoms with Crippen LogP contribution < -0.4 is 0 Å². The fourth-order valence-electron chi connectivity index (χ4n) is 4.57. The van der Waals surface area contributed by atoms with E-state index in [1.165, 1.54) is 33.0 Å². The number of piperidine rings is 1. The molecule has 0 N–H and O–H groups in total. The molecule has 0 radical (unpaired) electrons. The number of halogens is 3. The zero-order chi connectivity index (χ0) is 25.7. The summed E-state index contributed by atoms with van der Waals surface area (Å²) in [6, 6.07) is 8.94. The van der Waals surface area contributed by atoms with Gasteiger partial charge in [-0.1, -0.05) is 35.9 Å². The van der Waals surface area contributed by atoms with E-state index in [0.717, 1.165) is 21.8 Å². The molecular weight excluding hydrogens is 476 g/mol. The number of benzene rings is 2. The molecule has 1 saturated heterocycles. The van der Waals surface area contributed by atoms with Gasteiger partial charge in [0.05, 0.1) is 0 Å². The van der Waals surface area contributed by atoms with Crippen LogP contribution in [0.2, 0.25) is 10.8 Å². The van der Waals surface area contributed by atoms with Crippen molar-refractivity contribution >= 4 is 59.0 Å². The van der Waals surface area contributed by atoms with Crippen LogP contribution in [0.3, 0.4) is 0 Å². The molecule has 2 aliphatic rings. The SMILES string of the molecule is BC1CC(N2Cc3cc(CN(B)C(=O)C(F)(F)c4ccc(Cl)cc4)ccc3C2=O)C(=O)N(B)C1=O. The minimum atomic E-state index is -3.73. The van der Waals surface area contributed by atoms with Crippen LogP contribution >= 0.6 is 11.6 Å². The van der Waals surface area contributed by atoms with Gasteiger partial charge in [0.25, 0.3) is 11.8 Å². The lowest BCUT2D eigenvalue weighted by molar-refractivity contribution is -0.154. The molecule has 0 saturated carbocycles. The van der Waals surface area contributed by atoms with Gasteiger partial charge in [0.15, 0.2) is 0 Å². The minimum absolute atomic E-state index is 0.0971. The maximum Gasteiger partial charge on any atom is 0.348 e. The van der Waals surface area contributed by atoms with Crippen LogP contribution in [0.15, 0.2) is 42.5 Å². The quantitative estimate of drug-likeness (QED) is 0.433. The fourth-order valence-corrected chi connectivity index (χ4v) is 4.70. The summed E-state index contributed by atoms with van der Waals surface area (Å²) < 4.78 is 29.5. The third-order valence-corrected chi connectivity index (χ3v) is 6.82. The Bertz CT molecular complexity index is 1230. The lowest BCUT2D eigenvalue weighted by atomic mass is 9.76. The van der Waals surface area contributed by atoms with Crippen LogP contribution in [0.1, 0.15) is 33.5 Å². The molecule has 35 heavy (non-hydrogen) atoms. The van der Waals surface area contributed by atoms with Crippen molar-refractivity contribution in [2.45, 2.75) is 37.3 Å². The van der Waals surface area contributed by atoms with E-state index in [1.807, 2.05) is 0 Å². The second-order valence-electron chi connectivity index (χ2n) is 9.06. The van der Waals surface area contributed by atoms with Crippen molar-refractivity contribution in [3.63, 3.8) is 0 Å². The molecule has 0 bridgehead atoms. The average molecular weight is 497 g/mol. The Morgan fingerprint density at radius 3 is 2.43 bits per heavy atom. The molecule has 0 aliphatic carbocycles. The smallest absolute Gasteiger partial charge is 0.348 e. The molecule has 2 atom stereocenters. The molecule has 1 fully saturated rings. The van der Waals surface area contributed by atoms with Crippen LogP contribution in [-0.2, 0) is 33.4 Å². The number of hydrogen-bond donors (Lipinski definition) is 0. The number of nitrogens with zero attached hydrogens (tertiary/aromatic N) is 3. The molecule has 178 valence electrons. The second kappa shape index (κ2) is 9.15. The van der Waals surface area contributed by atoms with Gasteiger partial charge in [0.2, 0.25) is 27.8 Å². The van der Waals surface area contributed by atoms with Gasteiger partial charge in [-0.3, -0.25) is 19.2 Å². The van der Waals surface area contributed by atoms with Gasteiger partial charge in [-0.2, -0.15) is 8.78 Å². The van der Waals surface area contributed by atoms with Crippen LogP contribution in [0.25, 0.3) is 0 Å². The monoisotopic (exact) mass is 497 g/mol. The zero-order valence-corrected chi connectivity index (χ0v) is 20.2. The van der Waals surface area contributed by atoms with Crippen molar-refractivity contribution in [3.8, 4) is 0 Å². The number of fused-ring (bicyclic) bond motifs is 1. The predicted octanol–water partition coefficient (Wildman–Crippen LogP) is 0.0617. The van der Waals surface area contributed by atoms with Crippen molar-refractivity contribution < 1.29 is 28.0 Å². The molecule has 2 unspecified atom stereocenters. The number of carbonyl (C=O) groups is 4. The Kier molecular flexibility index (Phi) is 6.53. The van der Waals surface area contributed by atoms with E-state index in [4.69, 9.17) is 11.6 Å². The summed E-state index contributed by atoms with van der Waals surface area (Å²) in [6.07, 6.45) is 0.242. The van der Waals surface area contributed by atoms with Gasteiger partial charge < -0.3 is 14.5 Å². The summed E-state index contributed by atoms with van der Waals surface area (Å²) in [7, 11) is 4.41. The van der Waals surface area contributed by atoms with Gasteiger partial charge in [0.1, 0.15) is 13.9 Å². The van der Waals surface area contributed by atoms with E-state index in [1.54, 1.807) is 26.0 Å². The van der Waals surface area contributed by atoms with Crippen LogP contribution in [-0.4, -0.2) is 68.0 Å². The summed E-state index contributed by atoms with van der Waals surface area (Å²) in [4.78, 5) is 53.7. The highest BCUT2D eigenvalue weighted by atomic mass is 35.5. The molecule has 2 aromatic rings. The number of carbonyl (C=O) groups excluding carboxylic acids is 4. The fraction of sp³-hybridized carbons (Fsp3) is 0.273.